The number of nitrogens with zero attached hydrogens (tertiary/aromatic N) is 2. The molecule has 25 heavy (non-hydrogen) atoms. The summed E-state index contributed by atoms with van der Waals surface area (Å²) in [7, 11) is 0. The lowest BCUT2D eigenvalue weighted by Gasteiger charge is -2.04. The highest BCUT2D eigenvalue weighted by Gasteiger charge is 2.15. The summed E-state index contributed by atoms with van der Waals surface area (Å²) < 4.78 is 5.67. The summed E-state index contributed by atoms with van der Waals surface area (Å²) in [4.78, 5) is 27.0. The lowest BCUT2D eigenvalue weighted by molar-refractivity contribution is -0.385. The number of hydrogen-bond acceptors (Lipinski definition) is 6. The Labute approximate surface area is 147 Å². The molecule has 1 N–H and O–H groups in total. The summed E-state index contributed by atoms with van der Waals surface area (Å²) in [6.45, 7) is 3.73. The van der Waals surface area contributed by atoms with Crippen LogP contribution in [0.4, 0.5) is 5.69 Å². The van der Waals surface area contributed by atoms with Crippen molar-refractivity contribution >= 4 is 22.9 Å². The quantitative estimate of drug-likeness (QED) is 0.552. The Balaban J connectivity index is 1.68. The zero-order valence-corrected chi connectivity index (χ0v) is 14.4. The van der Waals surface area contributed by atoms with Crippen LogP contribution >= 0.6 is 11.3 Å². The largest absolute Gasteiger partial charge is 0.458 e. The third-order valence-electron chi connectivity index (χ3n) is 3.62. The van der Waals surface area contributed by atoms with Gasteiger partial charge in [-0.2, -0.15) is 0 Å². The number of carbonyl (C=O) groups is 1. The van der Waals surface area contributed by atoms with Crippen molar-refractivity contribution in [2.45, 2.75) is 20.4 Å². The summed E-state index contributed by atoms with van der Waals surface area (Å²) in [6, 6.07) is 7.96. The summed E-state index contributed by atoms with van der Waals surface area (Å²) in [5.74, 6) is 0.820. The second-order valence-electron chi connectivity index (χ2n) is 5.46. The van der Waals surface area contributed by atoms with Gasteiger partial charge in [-0.15, -0.1) is 11.3 Å². The molecule has 128 valence electrons. The van der Waals surface area contributed by atoms with Gasteiger partial charge in [0, 0.05) is 22.6 Å². The van der Waals surface area contributed by atoms with Gasteiger partial charge in [-0.25, -0.2) is 4.98 Å². The molecule has 3 rings (SSSR count). The molecule has 0 saturated heterocycles. The highest BCUT2D eigenvalue weighted by atomic mass is 32.1. The van der Waals surface area contributed by atoms with Crippen LogP contribution in [0.5, 0.6) is 0 Å². The molecule has 0 unspecified atom stereocenters. The molecule has 0 aliphatic rings. The van der Waals surface area contributed by atoms with Gasteiger partial charge < -0.3 is 9.73 Å². The summed E-state index contributed by atoms with van der Waals surface area (Å²) in [5, 5.41) is 16.5. The molecule has 1 amide bonds. The Morgan fingerprint density at radius 1 is 1.32 bits per heavy atom. The van der Waals surface area contributed by atoms with E-state index in [4.69, 9.17) is 4.42 Å². The average Bonchev–Trinajstić information content (AvgIpc) is 3.21. The van der Waals surface area contributed by atoms with Crippen LogP contribution in [0, 0.1) is 24.0 Å². The molecular weight excluding hydrogens is 342 g/mol. The van der Waals surface area contributed by atoms with E-state index in [9.17, 15) is 14.9 Å². The number of furan rings is 1. The zero-order valence-electron chi connectivity index (χ0n) is 13.6. The maximum absolute atomic E-state index is 12.2. The number of nitro groups is 1. The van der Waals surface area contributed by atoms with E-state index in [2.05, 4.69) is 10.3 Å². The Kier molecular flexibility index (Phi) is 4.62. The molecule has 0 fully saturated rings. The number of amides is 1. The predicted octanol–water partition coefficient (Wildman–Crippen LogP) is 3.86. The number of aryl methyl sites for hydroxylation is 2. The van der Waals surface area contributed by atoms with Crippen molar-refractivity contribution in [2.24, 2.45) is 0 Å². The van der Waals surface area contributed by atoms with Crippen molar-refractivity contribution in [1.29, 1.82) is 0 Å². The van der Waals surface area contributed by atoms with Gasteiger partial charge in [0.2, 0.25) is 0 Å². The molecule has 0 saturated carbocycles. The number of benzene rings is 1. The van der Waals surface area contributed by atoms with Crippen molar-refractivity contribution < 1.29 is 14.1 Å². The van der Waals surface area contributed by atoms with E-state index in [1.54, 1.807) is 31.2 Å². The molecule has 2 heterocycles. The minimum atomic E-state index is -0.499. The van der Waals surface area contributed by atoms with Crippen molar-refractivity contribution in [3.63, 3.8) is 0 Å². The molecule has 0 aliphatic carbocycles. The van der Waals surface area contributed by atoms with Crippen LogP contribution < -0.4 is 5.32 Å². The van der Waals surface area contributed by atoms with Gasteiger partial charge in [0.15, 0.2) is 5.76 Å². The first-order valence-electron chi connectivity index (χ1n) is 7.48. The number of rotatable bonds is 5. The smallest absolute Gasteiger partial charge is 0.273 e. The van der Waals surface area contributed by atoms with Crippen molar-refractivity contribution in [3.05, 3.63) is 67.7 Å². The molecule has 0 bridgehead atoms. The molecule has 7 nitrogen and oxygen atoms in total. The standard InChI is InChI=1S/C17H15N3O4S/c1-10-3-4-12(7-15(10)20(22)23)17(21)18-8-13-5-6-16(24-13)14-9-25-11(2)19-14/h3-7,9H,8H2,1-2H3,(H,18,21). The fourth-order valence-corrected chi connectivity index (χ4v) is 2.91. The minimum absolute atomic E-state index is 0.0770. The number of aromatic nitrogens is 1. The molecule has 0 aliphatic heterocycles. The van der Waals surface area contributed by atoms with Gasteiger partial charge in [-0.1, -0.05) is 6.07 Å². The van der Waals surface area contributed by atoms with E-state index in [0.717, 1.165) is 10.7 Å². The predicted molar refractivity (Wildman–Crippen MR) is 93.6 cm³/mol. The maximum Gasteiger partial charge on any atom is 0.273 e. The second kappa shape index (κ2) is 6.86. The molecule has 0 atom stereocenters. The number of nitro benzene ring substituents is 1. The Morgan fingerprint density at radius 3 is 2.80 bits per heavy atom. The molecule has 1 aromatic carbocycles. The van der Waals surface area contributed by atoms with Gasteiger partial charge in [-0.3, -0.25) is 14.9 Å². The van der Waals surface area contributed by atoms with Gasteiger partial charge in [0.05, 0.1) is 16.5 Å². The third kappa shape index (κ3) is 3.74. The van der Waals surface area contributed by atoms with E-state index in [1.807, 2.05) is 12.3 Å². The lowest BCUT2D eigenvalue weighted by Crippen LogP contribution is -2.22. The molecule has 2 aromatic heterocycles. The van der Waals surface area contributed by atoms with Crippen LogP contribution in [0.15, 0.2) is 40.1 Å². The first kappa shape index (κ1) is 16.8. The van der Waals surface area contributed by atoms with Crippen LogP contribution in [0.25, 0.3) is 11.5 Å². The first-order valence-corrected chi connectivity index (χ1v) is 8.36. The Bertz CT molecular complexity index is 945. The minimum Gasteiger partial charge on any atom is -0.458 e. The number of thiazole rings is 1. The topological polar surface area (TPSA) is 98.3 Å². The highest BCUT2D eigenvalue weighted by molar-refractivity contribution is 7.09. The number of nitrogens with one attached hydrogen (secondary N) is 1. The molecule has 8 heteroatoms. The van der Waals surface area contributed by atoms with Crippen LogP contribution in [-0.4, -0.2) is 15.8 Å². The van der Waals surface area contributed by atoms with Gasteiger partial charge in [0.1, 0.15) is 11.5 Å². The van der Waals surface area contributed by atoms with Crippen molar-refractivity contribution in [1.82, 2.24) is 10.3 Å². The van der Waals surface area contributed by atoms with E-state index in [0.29, 0.717) is 17.1 Å². The zero-order chi connectivity index (χ0) is 18.0. The molecule has 0 spiro atoms. The number of hydrogen-bond donors (Lipinski definition) is 1. The van der Waals surface area contributed by atoms with Crippen molar-refractivity contribution in [3.8, 4) is 11.5 Å². The Hall–Kier alpha value is -3.00. The third-order valence-corrected chi connectivity index (χ3v) is 4.40. The lowest BCUT2D eigenvalue weighted by atomic mass is 10.1. The van der Waals surface area contributed by atoms with E-state index in [-0.39, 0.29) is 17.8 Å². The van der Waals surface area contributed by atoms with E-state index >= 15 is 0 Å². The van der Waals surface area contributed by atoms with Crippen LogP contribution in [0.1, 0.15) is 26.7 Å². The monoisotopic (exact) mass is 357 g/mol. The highest BCUT2D eigenvalue weighted by Crippen LogP contribution is 2.24. The molecule has 0 radical (unpaired) electrons. The first-order chi connectivity index (χ1) is 11.9. The van der Waals surface area contributed by atoms with Crippen LogP contribution in [-0.2, 0) is 6.54 Å². The maximum atomic E-state index is 12.2. The van der Waals surface area contributed by atoms with Gasteiger partial charge >= 0.3 is 0 Å². The normalized spacial score (nSPS) is 10.6. The fraction of sp³-hybridized carbons (Fsp3) is 0.176. The van der Waals surface area contributed by atoms with Crippen LogP contribution in [0.3, 0.4) is 0 Å². The number of carbonyl (C=O) groups excluding carboxylic acids is 1. The second-order valence-corrected chi connectivity index (χ2v) is 6.52. The summed E-state index contributed by atoms with van der Waals surface area (Å²) in [5.41, 5.74) is 1.43. The van der Waals surface area contributed by atoms with Crippen LogP contribution in [0.2, 0.25) is 0 Å². The summed E-state index contributed by atoms with van der Waals surface area (Å²) in [6.07, 6.45) is 0. The molecule has 3 aromatic rings. The van der Waals surface area contributed by atoms with Crippen molar-refractivity contribution in [2.75, 3.05) is 0 Å². The Morgan fingerprint density at radius 2 is 2.12 bits per heavy atom. The van der Waals surface area contributed by atoms with Gasteiger partial charge in [-0.05, 0) is 32.0 Å². The summed E-state index contributed by atoms with van der Waals surface area (Å²) >= 11 is 1.53. The SMILES string of the molecule is Cc1nc(-c2ccc(CNC(=O)c3ccc(C)c([N+](=O)[O-])c3)o2)cs1. The van der Waals surface area contributed by atoms with E-state index < -0.39 is 10.8 Å². The molecular formula is C17H15N3O4S. The average molecular weight is 357 g/mol. The fourth-order valence-electron chi connectivity index (χ4n) is 2.30. The van der Waals surface area contributed by atoms with Gasteiger partial charge in [0.25, 0.3) is 11.6 Å². The van der Waals surface area contributed by atoms with E-state index in [1.165, 1.54) is 17.4 Å².